The van der Waals surface area contributed by atoms with Crippen molar-refractivity contribution < 1.29 is 0 Å². The number of para-hydroxylation sites is 3. The van der Waals surface area contributed by atoms with Crippen LogP contribution in [-0.2, 0) is 0 Å². The Morgan fingerprint density at radius 3 is 1.83 bits per heavy atom. The van der Waals surface area contributed by atoms with Crippen LogP contribution in [0.4, 0.5) is 5.69 Å². The van der Waals surface area contributed by atoms with Gasteiger partial charge in [0, 0.05) is 43.9 Å². The highest BCUT2D eigenvalue weighted by molar-refractivity contribution is 6.26. The molecule has 0 amide bonds. The first-order valence-electron chi connectivity index (χ1n) is 17.3. The first kappa shape index (κ1) is 29.6. The summed E-state index contributed by atoms with van der Waals surface area (Å²) in [6.07, 6.45) is 0. The Balaban J connectivity index is 1.31. The van der Waals surface area contributed by atoms with E-state index in [-0.39, 0.29) is 0 Å². The van der Waals surface area contributed by atoms with Gasteiger partial charge in [-0.25, -0.2) is 14.8 Å². The summed E-state index contributed by atoms with van der Waals surface area (Å²) in [5.41, 5.74) is 11.9. The molecule has 0 bridgehead atoms. The predicted molar refractivity (Wildman–Crippen MR) is 213 cm³/mol. The zero-order valence-corrected chi connectivity index (χ0v) is 28.0. The van der Waals surface area contributed by atoms with Gasteiger partial charge in [0.25, 0.3) is 0 Å². The lowest BCUT2D eigenvalue weighted by molar-refractivity contribution is 1.15. The van der Waals surface area contributed by atoms with Crippen molar-refractivity contribution in [3.63, 3.8) is 0 Å². The lowest BCUT2D eigenvalue weighted by atomic mass is 10.0. The van der Waals surface area contributed by atoms with Crippen molar-refractivity contribution in [2.24, 2.45) is 0 Å². The summed E-state index contributed by atoms with van der Waals surface area (Å²) in [6, 6.07) is 60.9. The third-order valence-electron chi connectivity index (χ3n) is 9.96. The molecule has 0 aliphatic rings. The molecule has 52 heavy (non-hydrogen) atoms. The summed E-state index contributed by atoms with van der Waals surface area (Å²) in [7, 11) is 0. The van der Waals surface area contributed by atoms with Gasteiger partial charge >= 0.3 is 0 Å². The van der Waals surface area contributed by atoms with E-state index in [1.807, 2.05) is 60.7 Å². The van der Waals surface area contributed by atoms with Gasteiger partial charge in [0.2, 0.25) is 0 Å². The molecule has 0 atom stereocenters. The molecular weight excluding hydrogens is 635 g/mol. The third kappa shape index (κ3) is 4.63. The molecule has 0 aliphatic heterocycles. The van der Waals surface area contributed by atoms with Crippen LogP contribution in [-0.4, -0.2) is 19.1 Å². The molecule has 7 aromatic carbocycles. The van der Waals surface area contributed by atoms with Crippen molar-refractivity contribution in [3.05, 3.63) is 187 Å². The fraction of sp³-hybridized carbons (Fsp3) is 0. The van der Waals surface area contributed by atoms with Gasteiger partial charge < -0.3 is 9.13 Å². The second-order valence-electron chi connectivity index (χ2n) is 12.9. The van der Waals surface area contributed by atoms with Crippen LogP contribution in [0.25, 0.3) is 93.7 Å². The maximum atomic E-state index is 7.50. The van der Waals surface area contributed by atoms with Gasteiger partial charge in [0.1, 0.15) is 0 Å². The van der Waals surface area contributed by atoms with Gasteiger partial charge in [0.15, 0.2) is 11.5 Å². The Bertz CT molecular complexity index is 2950. The Labute approximate surface area is 300 Å². The van der Waals surface area contributed by atoms with Gasteiger partial charge in [-0.3, -0.25) is 0 Å². The zero-order valence-electron chi connectivity index (χ0n) is 28.0. The molecule has 3 heterocycles. The van der Waals surface area contributed by atoms with Gasteiger partial charge in [-0.15, -0.1) is 0 Å². The van der Waals surface area contributed by atoms with Crippen LogP contribution in [0.2, 0.25) is 0 Å². The molecule has 0 unspecified atom stereocenters. The Hall–Kier alpha value is -7.29. The van der Waals surface area contributed by atoms with E-state index in [0.29, 0.717) is 11.5 Å². The van der Waals surface area contributed by atoms with Crippen molar-refractivity contribution in [2.75, 3.05) is 0 Å². The Morgan fingerprint density at radius 1 is 0.462 bits per heavy atom. The summed E-state index contributed by atoms with van der Waals surface area (Å²) in [6.45, 7) is 7.50. The van der Waals surface area contributed by atoms with E-state index < -0.39 is 0 Å². The molecule has 0 saturated heterocycles. The standard InChI is InChI=1S/C47H29N5/c1-48-33-24-26-34(27-25-33)51-43-23-13-10-20-38(43)45-44(51)29-28-36-35-18-8-11-21-41(35)52(46(36)45)42-22-12-9-19-37(42)40-30-39(31-14-4-2-5-15-31)49-47(50-40)32-16-6-3-7-17-32/h2-30H. The van der Waals surface area contributed by atoms with E-state index in [9.17, 15) is 0 Å². The number of aromatic nitrogens is 4. The van der Waals surface area contributed by atoms with E-state index in [2.05, 4.69) is 129 Å². The van der Waals surface area contributed by atoms with Crippen LogP contribution < -0.4 is 0 Å². The highest BCUT2D eigenvalue weighted by Gasteiger charge is 2.23. The van der Waals surface area contributed by atoms with E-state index in [1.54, 1.807) is 0 Å². The normalized spacial score (nSPS) is 11.4. The zero-order chi connectivity index (χ0) is 34.6. The maximum absolute atomic E-state index is 7.50. The van der Waals surface area contributed by atoms with Crippen molar-refractivity contribution in [3.8, 4) is 45.3 Å². The first-order valence-corrected chi connectivity index (χ1v) is 17.3. The van der Waals surface area contributed by atoms with E-state index in [4.69, 9.17) is 16.5 Å². The molecule has 0 N–H and O–H groups in total. The summed E-state index contributed by atoms with van der Waals surface area (Å²) in [4.78, 5) is 14.0. The summed E-state index contributed by atoms with van der Waals surface area (Å²) < 4.78 is 4.74. The first-order chi connectivity index (χ1) is 25.8. The molecule has 5 heteroatoms. The fourth-order valence-corrected chi connectivity index (χ4v) is 7.66. The topological polar surface area (TPSA) is 40.0 Å². The fourth-order valence-electron chi connectivity index (χ4n) is 7.66. The molecule has 0 spiro atoms. The SMILES string of the molecule is [C-]#[N+]c1ccc(-n2c3ccccc3c3c2ccc2c4ccccc4n(-c4ccccc4-c4cc(-c5ccccc5)nc(-c5ccccc5)n4)c23)cc1. The average Bonchev–Trinajstić information content (AvgIpc) is 3.74. The van der Waals surface area contributed by atoms with E-state index >= 15 is 0 Å². The number of hydrogen-bond acceptors (Lipinski definition) is 2. The minimum Gasteiger partial charge on any atom is -0.309 e. The molecule has 242 valence electrons. The lowest BCUT2D eigenvalue weighted by Gasteiger charge is -2.16. The molecule has 10 aromatic rings. The van der Waals surface area contributed by atoms with Crippen molar-refractivity contribution in [1.29, 1.82) is 0 Å². The molecule has 0 fully saturated rings. The molecular formula is C47H29N5. The van der Waals surface area contributed by atoms with Crippen LogP contribution >= 0.6 is 0 Å². The molecule has 10 rings (SSSR count). The predicted octanol–water partition coefficient (Wildman–Crippen LogP) is 12.2. The van der Waals surface area contributed by atoms with Crippen LogP contribution in [0.15, 0.2) is 176 Å². The van der Waals surface area contributed by atoms with E-state index in [0.717, 1.165) is 61.5 Å². The minimum atomic E-state index is 0.624. The number of benzene rings is 7. The number of fused-ring (bicyclic) bond motifs is 7. The maximum Gasteiger partial charge on any atom is 0.187 e. The van der Waals surface area contributed by atoms with Crippen LogP contribution in [0, 0.1) is 6.57 Å². The Kier molecular flexibility index (Phi) is 6.80. The number of hydrogen-bond donors (Lipinski definition) is 0. The Morgan fingerprint density at radius 2 is 1.08 bits per heavy atom. The van der Waals surface area contributed by atoms with Gasteiger partial charge in [-0.1, -0.05) is 133 Å². The molecule has 3 aromatic heterocycles. The monoisotopic (exact) mass is 663 g/mol. The van der Waals surface area contributed by atoms with Crippen molar-refractivity contribution >= 4 is 49.3 Å². The van der Waals surface area contributed by atoms with Gasteiger partial charge in [-0.05, 0) is 42.5 Å². The number of nitrogens with zero attached hydrogens (tertiary/aromatic N) is 5. The van der Waals surface area contributed by atoms with E-state index in [1.165, 1.54) is 21.5 Å². The van der Waals surface area contributed by atoms with Crippen molar-refractivity contribution in [2.45, 2.75) is 0 Å². The number of rotatable bonds is 5. The minimum absolute atomic E-state index is 0.624. The van der Waals surface area contributed by atoms with Gasteiger partial charge in [0.05, 0.1) is 45.7 Å². The summed E-state index contributed by atoms with van der Waals surface area (Å²) in [5.74, 6) is 0.684. The quantitative estimate of drug-likeness (QED) is 0.172. The largest absolute Gasteiger partial charge is 0.309 e. The van der Waals surface area contributed by atoms with Crippen molar-refractivity contribution in [1.82, 2.24) is 19.1 Å². The average molecular weight is 664 g/mol. The van der Waals surface area contributed by atoms with Crippen LogP contribution in [0.5, 0.6) is 0 Å². The molecule has 0 aliphatic carbocycles. The van der Waals surface area contributed by atoms with Gasteiger partial charge in [-0.2, -0.15) is 0 Å². The van der Waals surface area contributed by atoms with Crippen LogP contribution in [0.1, 0.15) is 0 Å². The molecule has 5 nitrogen and oxygen atoms in total. The summed E-state index contributed by atoms with van der Waals surface area (Å²) >= 11 is 0. The smallest absolute Gasteiger partial charge is 0.187 e. The second kappa shape index (κ2) is 11.9. The highest BCUT2D eigenvalue weighted by atomic mass is 15.0. The molecule has 0 saturated carbocycles. The summed E-state index contributed by atoms with van der Waals surface area (Å²) in [5, 5.41) is 4.71. The highest BCUT2D eigenvalue weighted by Crippen LogP contribution is 2.43. The third-order valence-corrected chi connectivity index (χ3v) is 9.96. The molecule has 0 radical (unpaired) electrons. The lowest BCUT2D eigenvalue weighted by Crippen LogP contribution is -2.01. The van der Waals surface area contributed by atoms with Crippen LogP contribution in [0.3, 0.4) is 0 Å². The second-order valence-corrected chi connectivity index (χ2v) is 12.9.